The van der Waals surface area contributed by atoms with Gasteiger partial charge in [0.1, 0.15) is 6.07 Å². The van der Waals surface area contributed by atoms with Crippen LogP contribution in [0.4, 0.5) is 5.69 Å². The Kier molecular flexibility index (Phi) is 1.87. The molecule has 0 saturated heterocycles. The van der Waals surface area contributed by atoms with Crippen LogP contribution in [0, 0.1) is 11.3 Å². The van der Waals surface area contributed by atoms with E-state index in [4.69, 9.17) is 22.6 Å². The van der Waals surface area contributed by atoms with Crippen molar-refractivity contribution < 1.29 is 0 Å². The zero-order valence-electron chi connectivity index (χ0n) is 6.54. The van der Waals surface area contributed by atoms with Crippen LogP contribution in [-0.4, -0.2) is 0 Å². The highest BCUT2D eigenvalue weighted by molar-refractivity contribution is 7.18. The molecule has 0 unspecified atom stereocenters. The van der Waals surface area contributed by atoms with E-state index in [-0.39, 0.29) is 0 Å². The maximum Gasteiger partial charge on any atom is 0.102 e. The molecule has 2 nitrogen and oxygen atoms in total. The first-order valence-electron chi connectivity index (χ1n) is 3.59. The van der Waals surface area contributed by atoms with Gasteiger partial charge in [-0.15, -0.1) is 11.3 Å². The fourth-order valence-electron chi connectivity index (χ4n) is 1.20. The molecule has 0 saturated carbocycles. The summed E-state index contributed by atoms with van der Waals surface area (Å²) in [5.74, 6) is 0. The maximum absolute atomic E-state index is 8.86. The monoisotopic (exact) mass is 208 g/mol. The van der Waals surface area contributed by atoms with E-state index in [1.165, 1.54) is 11.3 Å². The highest BCUT2D eigenvalue weighted by atomic mass is 35.5. The molecule has 2 rings (SSSR count). The predicted octanol–water partition coefficient (Wildman–Crippen LogP) is 3.01. The quantitative estimate of drug-likeness (QED) is 0.724. The summed E-state index contributed by atoms with van der Waals surface area (Å²) in [4.78, 5) is 0. The Hall–Kier alpha value is -1.24. The lowest BCUT2D eigenvalue weighted by Gasteiger charge is -1.96. The Bertz CT molecular complexity index is 510. The Morgan fingerprint density at radius 2 is 2.23 bits per heavy atom. The van der Waals surface area contributed by atoms with E-state index in [2.05, 4.69) is 6.07 Å². The lowest BCUT2D eigenvalue weighted by Crippen LogP contribution is -1.82. The van der Waals surface area contributed by atoms with Gasteiger partial charge >= 0.3 is 0 Å². The number of fused-ring (bicyclic) bond motifs is 1. The normalized spacial score (nSPS) is 10.2. The molecule has 0 spiro atoms. The minimum atomic E-state index is 0.483. The van der Waals surface area contributed by atoms with E-state index in [0.717, 1.165) is 10.1 Å². The highest BCUT2D eigenvalue weighted by Gasteiger charge is 2.08. The van der Waals surface area contributed by atoms with Crippen molar-refractivity contribution in [2.75, 3.05) is 5.73 Å². The van der Waals surface area contributed by atoms with E-state index in [0.29, 0.717) is 16.3 Å². The third-order valence-corrected chi connectivity index (χ3v) is 3.18. The molecular weight excluding hydrogens is 204 g/mol. The molecule has 1 aromatic heterocycles. The number of hydrogen-bond donors (Lipinski definition) is 1. The molecule has 0 amide bonds. The van der Waals surface area contributed by atoms with E-state index >= 15 is 0 Å². The van der Waals surface area contributed by atoms with E-state index < -0.39 is 0 Å². The number of hydrogen-bond acceptors (Lipinski definition) is 3. The fraction of sp³-hybridized carbons (Fsp3) is 0. The minimum absolute atomic E-state index is 0.483. The van der Waals surface area contributed by atoms with Gasteiger partial charge in [0.2, 0.25) is 0 Å². The molecule has 4 heteroatoms. The number of nitrogen functional groups attached to an aromatic ring is 1. The van der Waals surface area contributed by atoms with Gasteiger partial charge in [0.05, 0.1) is 21.0 Å². The number of nitrogens with zero attached hydrogens (tertiary/aromatic N) is 1. The SMILES string of the molecule is N#Cc1c(Cl)ccc2c(N)csc12. The van der Waals surface area contributed by atoms with Crippen molar-refractivity contribution in [1.82, 2.24) is 0 Å². The molecule has 0 aliphatic heterocycles. The van der Waals surface area contributed by atoms with Crippen LogP contribution < -0.4 is 5.73 Å². The third kappa shape index (κ3) is 1.15. The Labute approximate surface area is 84.2 Å². The fourth-order valence-corrected chi connectivity index (χ4v) is 2.41. The number of halogens is 1. The van der Waals surface area contributed by atoms with Crippen LogP contribution in [0.5, 0.6) is 0 Å². The Balaban J connectivity index is 2.95. The largest absolute Gasteiger partial charge is 0.398 e. The molecule has 64 valence electrons. The molecular formula is C9H5ClN2S. The van der Waals surface area contributed by atoms with E-state index in [1.807, 2.05) is 11.4 Å². The van der Waals surface area contributed by atoms with E-state index in [9.17, 15) is 0 Å². The lowest BCUT2D eigenvalue weighted by atomic mass is 10.1. The van der Waals surface area contributed by atoms with Crippen molar-refractivity contribution >= 4 is 38.7 Å². The molecule has 0 bridgehead atoms. The van der Waals surface area contributed by atoms with E-state index in [1.54, 1.807) is 6.07 Å². The first kappa shape index (κ1) is 8.36. The minimum Gasteiger partial charge on any atom is -0.398 e. The van der Waals surface area contributed by atoms with Crippen molar-refractivity contribution in [3.63, 3.8) is 0 Å². The molecule has 1 aromatic carbocycles. The van der Waals surface area contributed by atoms with Gasteiger partial charge < -0.3 is 5.73 Å². The molecule has 0 aliphatic carbocycles. The maximum atomic E-state index is 8.86. The van der Waals surface area contributed by atoms with Crippen LogP contribution in [0.25, 0.3) is 10.1 Å². The second-order valence-corrected chi connectivity index (χ2v) is 3.89. The summed E-state index contributed by atoms with van der Waals surface area (Å²) in [6, 6.07) is 5.61. The van der Waals surface area contributed by atoms with Gasteiger partial charge in [0, 0.05) is 10.8 Å². The molecule has 1 heterocycles. The Morgan fingerprint density at radius 1 is 1.46 bits per heavy atom. The van der Waals surface area contributed by atoms with Crippen LogP contribution >= 0.6 is 22.9 Å². The molecule has 2 aromatic rings. The third-order valence-electron chi connectivity index (χ3n) is 1.83. The van der Waals surface area contributed by atoms with Gasteiger partial charge in [0.15, 0.2) is 0 Å². The summed E-state index contributed by atoms with van der Waals surface area (Å²) >= 11 is 7.30. The molecule has 0 fully saturated rings. The second kappa shape index (κ2) is 2.91. The summed E-state index contributed by atoms with van der Waals surface area (Å²) in [5, 5.41) is 12.1. The predicted molar refractivity (Wildman–Crippen MR) is 56.0 cm³/mol. The topological polar surface area (TPSA) is 49.8 Å². The summed E-state index contributed by atoms with van der Waals surface area (Å²) < 4.78 is 0.868. The van der Waals surface area contributed by atoms with Gasteiger partial charge in [-0.3, -0.25) is 0 Å². The molecule has 13 heavy (non-hydrogen) atoms. The standard InChI is InChI=1S/C9H5ClN2S/c10-7-2-1-5-8(12)4-13-9(5)6(7)3-11/h1-2,4H,12H2. The highest BCUT2D eigenvalue weighted by Crippen LogP contribution is 2.33. The number of nitriles is 1. The summed E-state index contributed by atoms with van der Waals surface area (Å²) in [6.45, 7) is 0. The smallest absolute Gasteiger partial charge is 0.102 e. The van der Waals surface area contributed by atoms with Gasteiger partial charge in [-0.05, 0) is 12.1 Å². The molecule has 2 N–H and O–H groups in total. The van der Waals surface area contributed by atoms with Gasteiger partial charge in [-0.1, -0.05) is 11.6 Å². The summed E-state index contributed by atoms with van der Waals surface area (Å²) in [6.07, 6.45) is 0. The number of benzene rings is 1. The van der Waals surface area contributed by atoms with Gasteiger partial charge in [-0.25, -0.2) is 0 Å². The van der Waals surface area contributed by atoms with Gasteiger partial charge in [-0.2, -0.15) is 5.26 Å². The zero-order chi connectivity index (χ0) is 9.42. The number of rotatable bonds is 0. The van der Waals surface area contributed by atoms with Crippen molar-refractivity contribution in [2.24, 2.45) is 0 Å². The van der Waals surface area contributed by atoms with Crippen LogP contribution in [0.1, 0.15) is 5.56 Å². The Morgan fingerprint density at radius 3 is 2.92 bits per heavy atom. The van der Waals surface area contributed by atoms with Crippen molar-refractivity contribution in [1.29, 1.82) is 5.26 Å². The molecule has 0 atom stereocenters. The number of thiophene rings is 1. The first-order chi connectivity index (χ1) is 6.24. The van der Waals surface area contributed by atoms with Crippen molar-refractivity contribution in [2.45, 2.75) is 0 Å². The zero-order valence-corrected chi connectivity index (χ0v) is 8.12. The summed E-state index contributed by atoms with van der Waals surface area (Å²) in [5.41, 5.74) is 6.92. The second-order valence-electron chi connectivity index (χ2n) is 2.60. The average molecular weight is 209 g/mol. The van der Waals surface area contributed by atoms with Crippen molar-refractivity contribution in [3.8, 4) is 6.07 Å². The van der Waals surface area contributed by atoms with Crippen LogP contribution in [0.3, 0.4) is 0 Å². The van der Waals surface area contributed by atoms with Crippen molar-refractivity contribution in [3.05, 3.63) is 28.1 Å². The number of anilines is 1. The molecule has 0 aliphatic rings. The summed E-state index contributed by atoms with van der Waals surface area (Å²) in [7, 11) is 0. The first-order valence-corrected chi connectivity index (χ1v) is 4.85. The van der Waals surface area contributed by atoms with Crippen LogP contribution in [0.2, 0.25) is 5.02 Å². The van der Waals surface area contributed by atoms with Gasteiger partial charge in [0.25, 0.3) is 0 Å². The van der Waals surface area contributed by atoms with Crippen LogP contribution in [-0.2, 0) is 0 Å². The number of nitrogens with two attached hydrogens (primary N) is 1. The van der Waals surface area contributed by atoms with Crippen LogP contribution in [0.15, 0.2) is 17.5 Å². The lowest BCUT2D eigenvalue weighted by molar-refractivity contribution is 1.51. The molecule has 0 radical (unpaired) electrons. The average Bonchev–Trinajstić information content (AvgIpc) is 2.48.